The first-order valence-electron chi connectivity index (χ1n) is 4.90. The fourth-order valence-corrected chi connectivity index (χ4v) is 1.51. The van der Waals surface area contributed by atoms with E-state index in [2.05, 4.69) is 0 Å². The van der Waals surface area contributed by atoms with E-state index in [0.717, 1.165) is 0 Å². The van der Waals surface area contributed by atoms with Crippen molar-refractivity contribution in [1.29, 1.82) is 0 Å². The Labute approximate surface area is 110 Å². The van der Waals surface area contributed by atoms with Gasteiger partial charge in [-0.3, -0.25) is 0 Å². The first kappa shape index (κ1) is 14.1. The van der Waals surface area contributed by atoms with E-state index in [4.69, 9.17) is 38.4 Å². The van der Waals surface area contributed by atoms with E-state index in [0.29, 0.717) is 5.69 Å². The molecular formula is C11H13Cl2NO3. The number of rotatable bonds is 4. The van der Waals surface area contributed by atoms with Gasteiger partial charge < -0.3 is 15.2 Å². The standard InChI is InChI=1S/C11H13Cl2NO3/c1-6(16-2)5-17-11(15)8-3-7(14)4-9(12)10(8)13/h3-4,6H,5,14H2,1-2H3. The highest BCUT2D eigenvalue weighted by Gasteiger charge is 2.16. The Hall–Kier alpha value is -0.970. The van der Waals surface area contributed by atoms with Crippen LogP contribution in [0.1, 0.15) is 17.3 Å². The maximum absolute atomic E-state index is 11.7. The van der Waals surface area contributed by atoms with Crippen LogP contribution in [-0.4, -0.2) is 25.8 Å². The van der Waals surface area contributed by atoms with E-state index in [-0.39, 0.29) is 28.3 Å². The van der Waals surface area contributed by atoms with Gasteiger partial charge in [0, 0.05) is 12.8 Å². The lowest BCUT2D eigenvalue weighted by Crippen LogP contribution is -2.18. The van der Waals surface area contributed by atoms with Crippen LogP contribution >= 0.6 is 23.2 Å². The second-order valence-corrected chi connectivity index (χ2v) is 4.29. The van der Waals surface area contributed by atoms with Crippen LogP contribution in [0.5, 0.6) is 0 Å². The molecule has 0 saturated heterocycles. The largest absolute Gasteiger partial charge is 0.459 e. The number of halogens is 2. The molecule has 0 aliphatic carbocycles. The third-order valence-electron chi connectivity index (χ3n) is 2.12. The Morgan fingerprint density at radius 2 is 2.12 bits per heavy atom. The van der Waals surface area contributed by atoms with Crippen LogP contribution in [0.4, 0.5) is 5.69 Å². The molecule has 1 atom stereocenters. The van der Waals surface area contributed by atoms with E-state index in [1.165, 1.54) is 19.2 Å². The van der Waals surface area contributed by atoms with Crippen LogP contribution in [0.2, 0.25) is 10.0 Å². The van der Waals surface area contributed by atoms with Gasteiger partial charge in [0.2, 0.25) is 0 Å². The van der Waals surface area contributed by atoms with Gasteiger partial charge >= 0.3 is 5.97 Å². The van der Waals surface area contributed by atoms with Gasteiger partial charge in [0.25, 0.3) is 0 Å². The van der Waals surface area contributed by atoms with Crippen LogP contribution in [-0.2, 0) is 9.47 Å². The zero-order chi connectivity index (χ0) is 13.0. The van der Waals surface area contributed by atoms with Crippen molar-refractivity contribution in [1.82, 2.24) is 0 Å². The van der Waals surface area contributed by atoms with Crippen molar-refractivity contribution in [2.45, 2.75) is 13.0 Å². The molecule has 0 radical (unpaired) electrons. The second-order valence-electron chi connectivity index (χ2n) is 3.51. The zero-order valence-corrected chi connectivity index (χ0v) is 11.0. The highest BCUT2D eigenvalue weighted by atomic mass is 35.5. The quantitative estimate of drug-likeness (QED) is 0.679. The van der Waals surface area contributed by atoms with Crippen molar-refractivity contribution in [3.63, 3.8) is 0 Å². The van der Waals surface area contributed by atoms with Gasteiger partial charge in [0.15, 0.2) is 0 Å². The average molecular weight is 278 g/mol. The number of hydrogen-bond donors (Lipinski definition) is 1. The number of methoxy groups -OCH3 is 1. The predicted octanol–water partition coefficient (Wildman–Crippen LogP) is 2.77. The van der Waals surface area contributed by atoms with Crippen molar-refractivity contribution in [2.24, 2.45) is 0 Å². The molecule has 0 heterocycles. The summed E-state index contributed by atoms with van der Waals surface area (Å²) in [4.78, 5) is 11.7. The highest BCUT2D eigenvalue weighted by molar-refractivity contribution is 6.44. The summed E-state index contributed by atoms with van der Waals surface area (Å²) in [7, 11) is 1.53. The van der Waals surface area contributed by atoms with Crippen LogP contribution < -0.4 is 5.73 Å². The molecule has 0 saturated carbocycles. The Balaban J connectivity index is 2.82. The topological polar surface area (TPSA) is 61.5 Å². The molecule has 94 valence electrons. The second kappa shape index (κ2) is 6.10. The molecule has 1 unspecified atom stereocenters. The number of ether oxygens (including phenoxy) is 2. The van der Waals surface area contributed by atoms with Crippen LogP contribution in [0.3, 0.4) is 0 Å². The molecule has 6 heteroatoms. The smallest absolute Gasteiger partial charge is 0.339 e. The monoisotopic (exact) mass is 277 g/mol. The lowest BCUT2D eigenvalue weighted by atomic mass is 10.2. The molecule has 0 aliphatic heterocycles. The molecule has 4 nitrogen and oxygen atoms in total. The maximum Gasteiger partial charge on any atom is 0.339 e. The third kappa shape index (κ3) is 3.77. The Morgan fingerprint density at radius 1 is 1.47 bits per heavy atom. The summed E-state index contributed by atoms with van der Waals surface area (Å²) in [5.41, 5.74) is 6.08. The number of benzene rings is 1. The van der Waals surface area contributed by atoms with Gasteiger partial charge in [-0.15, -0.1) is 0 Å². The van der Waals surface area contributed by atoms with Crippen molar-refractivity contribution in [3.8, 4) is 0 Å². The normalized spacial score (nSPS) is 12.2. The average Bonchev–Trinajstić information content (AvgIpc) is 2.30. The van der Waals surface area contributed by atoms with Crippen molar-refractivity contribution in [3.05, 3.63) is 27.7 Å². The first-order valence-corrected chi connectivity index (χ1v) is 5.65. The van der Waals surface area contributed by atoms with E-state index in [9.17, 15) is 4.79 Å². The molecular weight excluding hydrogens is 265 g/mol. The Morgan fingerprint density at radius 3 is 2.71 bits per heavy atom. The summed E-state index contributed by atoms with van der Waals surface area (Å²) in [5, 5.41) is 0.356. The van der Waals surface area contributed by atoms with Gasteiger partial charge in [-0.1, -0.05) is 23.2 Å². The molecule has 1 rings (SSSR count). The lowest BCUT2D eigenvalue weighted by molar-refractivity contribution is 0.0169. The molecule has 0 amide bonds. The summed E-state index contributed by atoms with van der Waals surface area (Å²) < 4.78 is 9.96. The van der Waals surface area contributed by atoms with E-state index < -0.39 is 5.97 Å². The molecule has 1 aromatic rings. The van der Waals surface area contributed by atoms with Gasteiger partial charge in [-0.2, -0.15) is 0 Å². The molecule has 17 heavy (non-hydrogen) atoms. The van der Waals surface area contributed by atoms with Crippen molar-refractivity contribution >= 4 is 34.9 Å². The number of anilines is 1. The molecule has 0 fully saturated rings. The number of nitrogen functional groups attached to an aromatic ring is 1. The highest BCUT2D eigenvalue weighted by Crippen LogP contribution is 2.29. The molecule has 1 aromatic carbocycles. The first-order chi connectivity index (χ1) is 7.95. The SMILES string of the molecule is COC(C)COC(=O)c1cc(N)cc(Cl)c1Cl. The number of esters is 1. The van der Waals surface area contributed by atoms with Gasteiger partial charge in [0.1, 0.15) is 6.61 Å². The summed E-state index contributed by atoms with van der Waals surface area (Å²) in [6, 6.07) is 2.90. The lowest BCUT2D eigenvalue weighted by Gasteiger charge is -2.11. The van der Waals surface area contributed by atoms with Gasteiger partial charge in [-0.25, -0.2) is 4.79 Å². The molecule has 0 bridgehead atoms. The minimum atomic E-state index is -0.576. The maximum atomic E-state index is 11.7. The van der Waals surface area contributed by atoms with Crippen molar-refractivity contribution < 1.29 is 14.3 Å². The summed E-state index contributed by atoms with van der Waals surface area (Å²) in [5.74, 6) is -0.576. The fraction of sp³-hybridized carbons (Fsp3) is 0.364. The molecule has 0 spiro atoms. The van der Waals surface area contributed by atoms with Crippen molar-refractivity contribution in [2.75, 3.05) is 19.5 Å². The fourth-order valence-electron chi connectivity index (χ4n) is 1.10. The van der Waals surface area contributed by atoms with E-state index in [1.54, 1.807) is 6.92 Å². The third-order valence-corrected chi connectivity index (χ3v) is 2.92. The van der Waals surface area contributed by atoms with Gasteiger partial charge in [0.05, 0.1) is 21.7 Å². The molecule has 0 aliphatic rings. The van der Waals surface area contributed by atoms with Gasteiger partial charge in [-0.05, 0) is 19.1 Å². The Kier molecular flexibility index (Phi) is 5.05. The number of carbonyl (C=O) groups excluding carboxylic acids is 1. The number of hydrogen-bond acceptors (Lipinski definition) is 4. The minimum Gasteiger partial charge on any atom is -0.459 e. The number of nitrogens with two attached hydrogens (primary N) is 1. The summed E-state index contributed by atoms with van der Waals surface area (Å²) >= 11 is 11.7. The van der Waals surface area contributed by atoms with Crippen LogP contribution in [0, 0.1) is 0 Å². The predicted molar refractivity (Wildman–Crippen MR) is 67.6 cm³/mol. The summed E-state index contributed by atoms with van der Waals surface area (Å²) in [6.07, 6.45) is -0.186. The molecule has 2 N–H and O–H groups in total. The Bertz CT molecular complexity index is 423. The van der Waals surface area contributed by atoms with Crippen LogP contribution in [0.15, 0.2) is 12.1 Å². The minimum absolute atomic E-state index is 0.135. The van der Waals surface area contributed by atoms with Crippen LogP contribution in [0.25, 0.3) is 0 Å². The van der Waals surface area contributed by atoms with E-state index in [1.807, 2.05) is 0 Å². The summed E-state index contributed by atoms with van der Waals surface area (Å²) in [6.45, 7) is 1.92. The molecule has 0 aromatic heterocycles. The number of carbonyl (C=O) groups is 1. The zero-order valence-electron chi connectivity index (χ0n) is 9.50. The van der Waals surface area contributed by atoms with E-state index >= 15 is 0 Å².